The van der Waals surface area contributed by atoms with Gasteiger partial charge < -0.3 is 19.5 Å². The fourth-order valence-corrected chi connectivity index (χ4v) is 2.47. The Morgan fingerprint density at radius 2 is 1.85 bits per heavy atom. The van der Waals surface area contributed by atoms with E-state index in [1.165, 1.54) is 4.90 Å². The molecule has 3 rings (SSSR count). The van der Waals surface area contributed by atoms with E-state index in [1.807, 2.05) is 12.1 Å². The van der Waals surface area contributed by atoms with Crippen LogP contribution in [0.4, 0.5) is 16.2 Å². The predicted octanol–water partition coefficient (Wildman–Crippen LogP) is 3.06. The first-order valence-corrected chi connectivity index (χ1v) is 8.28. The van der Waals surface area contributed by atoms with Crippen molar-refractivity contribution in [2.24, 2.45) is 0 Å². The van der Waals surface area contributed by atoms with Gasteiger partial charge in [0.1, 0.15) is 6.61 Å². The standard InChI is InChI=1S/C19H20N2O5/c1-3-24-19(23)21(2)14-10-8-13(9-11-14)20-18(22)17-12-25-15-6-4-5-7-16(15)26-17/h4-11,17H,3,12H2,1-2H3,(H,20,22)/t17-/m0/s1. The first-order valence-electron chi connectivity index (χ1n) is 8.28. The van der Waals surface area contributed by atoms with Crippen molar-refractivity contribution in [3.8, 4) is 11.5 Å². The molecule has 136 valence electrons. The van der Waals surface area contributed by atoms with E-state index in [1.54, 1.807) is 50.4 Å². The first-order chi connectivity index (χ1) is 12.6. The zero-order chi connectivity index (χ0) is 18.5. The molecule has 0 spiro atoms. The van der Waals surface area contributed by atoms with Crippen molar-refractivity contribution in [1.29, 1.82) is 0 Å². The summed E-state index contributed by atoms with van der Waals surface area (Å²) in [6, 6.07) is 14.1. The molecule has 0 saturated carbocycles. The first kappa shape index (κ1) is 17.6. The van der Waals surface area contributed by atoms with Crippen molar-refractivity contribution in [3.63, 3.8) is 0 Å². The number of hydrogen-bond acceptors (Lipinski definition) is 5. The maximum Gasteiger partial charge on any atom is 0.413 e. The summed E-state index contributed by atoms with van der Waals surface area (Å²) < 4.78 is 16.2. The molecule has 1 aliphatic rings. The molecular weight excluding hydrogens is 336 g/mol. The van der Waals surface area contributed by atoms with Gasteiger partial charge in [-0.15, -0.1) is 0 Å². The van der Waals surface area contributed by atoms with Gasteiger partial charge in [0.15, 0.2) is 11.5 Å². The maximum absolute atomic E-state index is 12.4. The molecule has 7 heteroatoms. The van der Waals surface area contributed by atoms with Crippen molar-refractivity contribution < 1.29 is 23.8 Å². The van der Waals surface area contributed by atoms with Crippen LogP contribution in [-0.2, 0) is 9.53 Å². The number of hydrogen-bond donors (Lipinski definition) is 1. The van der Waals surface area contributed by atoms with Gasteiger partial charge in [-0.3, -0.25) is 9.69 Å². The van der Waals surface area contributed by atoms with Crippen LogP contribution in [0.1, 0.15) is 6.92 Å². The lowest BCUT2D eigenvalue weighted by Gasteiger charge is -2.25. The van der Waals surface area contributed by atoms with Gasteiger partial charge >= 0.3 is 6.09 Å². The Balaban J connectivity index is 1.61. The van der Waals surface area contributed by atoms with E-state index in [4.69, 9.17) is 14.2 Å². The Kier molecular flexibility index (Phi) is 5.26. The van der Waals surface area contributed by atoms with E-state index in [9.17, 15) is 9.59 Å². The highest BCUT2D eigenvalue weighted by atomic mass is 16.6. The predicted molar refractivity (Wildman–Crippen MR) is 96.8 cm³/mol. The Labute approximate surface area is 151 Å². The van der Waals surface area contributed by atoms with Crippen molar-refractivity contribution in [2.75, 3.05) is 30.5 Å². The molecule has 0 bridgehead atoms. The quantitative estimate of drug-likeness (QED) is 0.911. The maximum atomic E-state index is 12.4. The Morgan fingerprint density at radius 1 is 1.15 bits per heavy atom. The van der Waals surface area contributed by atoms with Gasteiger partial charge in [-0.2, -0.15) is 0 Å². The number of nitrogens with zero attached hydrogens (tertiary/aromatic N) is 1. The zero-order valence-corrected chi connectivity index (χ0v) is 14.6. The highest BCUT2D eigenvalue weighted by molar-refractivity contribution is 5.95. The van der Waals surface area contributed by atoms with Gasteiger partial charge in [-0.05, 0) is 43.3 Å². The molecular formula is C19H20N2O5. The van der Waals surface area contributed by atoms with Crippen LogP contribution in [0.25, 0.3) is 0 Å². The second kappa shape index (κ2) is 7.77. The Hall–Kier alpha value is -3.22. The highest BCUT2D eigenvalue weighted by Gasteiger charge is 2.27. The van der Waals surface area contributed by atoms with E-state index in [0.717, 1.165) is 0 Å². The van der Waals surface area contributed by atoms with Crippen LogP contribution in [0.3, 0.4) is 0 Å². The topological polar surface area (TPSA) is 77.1 Å². The summed E-state index contributed by atoms with van der Waals surface area (Å²) in [7, 11) is 1.62. The van der Waals surface area contributed by atoms with Crippen LogP contribution >= 0.6 is 0 Å². The molecule has 0 unspecified atom stereocenters. The number of fused-ring (bicyclic) bond motifs is 1. The number of ether oxygens (including phenoxy) is 3. The zero-order valence-electron chi connectivity index (χ0n) is 14.6. The van der Waals surface area contributed by atoms with E-state index in [-0.39, 0.29) is 12.5 Å². The SMILES string of the molecule is CCOC(=O)N(C)c1ccc(NC(=O)[C@@H]2COc3ccccc3O2)cc1. The number of rotatable bonds is 4. The fraction of sp³-hybridized carbons (Fsp3) is 0.263. The fourth-order valence-electron chi connectivity index (χ4n) is 2.47. The summed E-state index contributed by atoms with van der Waals surface area (Å²) in [6.07, 6.45) is -1.16. The van der Waals surface area contributed by atoms with E-state index < -0.39 is 12.2 Å². The van der Waals surface area contributed by atoms with Crippen molar-refractivity contribution in [2.45, 2.75) is 13.0 Å². The second-order valence-corrected chi connectivity index (χ2v) is 5.66. The van der Waals surface area contributed by atoms with Crippen LogP contribution in [0.5, 0.6) is 11.5 Å². The third kappa shape index (κ3) is 3.88. The molecule has 2 amide bonds. The van der Waals surface area contributed by atoms with Gasteiger partial charge in [-0.25, -0.2) is 4.79 Å². The number of amides is 2. The van der Waals surface area contributed by atoms with Gasteiger partial charge in [0.2, 0.25) is 6.10 Å². The average Bonchev–Trinajstić information content (AvgIpc) is 2.67. The lowest BCUT2D eigenvalue weighted by molar-refractivity contribution is -0.125. The number of nitrogens with one attached hydrogen (secondary N) is 1. The second-order valence-electron chi connectivity index (χ2n) is 5.66. The van der Waals surface area contributed by atoms with Crippen molar-refractivity contribution in [1.82, 2.24) is 0 Å². The molecule has 0 aromatic heterocycles. The minimum absolute atomic E-state index is 0.145. The van der Waals surface area contributed by atoms with Crippen molar-refractivity contribution >= 4 is 23.4 Å². The summed E-state index contributed by atoms with van der Waals surface area (Å²) in [5.41, 5.74) is 1.26. The molecule has 2 aromatic rings. The number of carbonyl (C=O) groups excluding carboxylic acids is 2. The molecule has 1 heterocycles. The minimum atomic E-state index is -0.730. The normalized spacial score (nSPS) is 15.1. The third-order valence-electron chi connectivity index (χ3n) is 3.86. The summed E-state index contributed by atoms with van der Waals surface area (Å²) in [4.78, 5) is 25.5. The summed E-state index contributed by atoms with van der Waals surface area (Å²) in [6.45, 7) is 2.20. The van der Waals surface area contributed by atoms with Crippen LogP contribution in [0.15, 0.2) is 48.5 Å². The molecule has 1 aliphatic heterocycles. The number of carbonyl (C=O) groups is 2. The molecule has 0 fully saturated rings. The average molecular weight is 356 g/mol. The number of anilines is 2. The lowest BCUT2D eigenvalue weighted by atomic mass is 10.2. The van der Waals surface area contributed by atoms with Crippen molar-refractivity contribution in [3.05, 3.63) is 48.5 Å². The summed E-state index contributed by atoms with van der Waals surface area (Å²) >= 11 is 0. The smallest absolute Gasteiger partial charge is 0.413 e. The van der Waals surface area contributed by atoms with Gasteiger partial charge in [0.05, 0.1) is 6.61 Å². The van der Waals surface area contributed by atoms with Crippen LogP contribution < -0.4 is 19.7 Å². The van der Waals surface area contributed by atoms with E-state index >= 15 is 0 Å². The molecule has 1 N–H and O–H groups in total. The molecule has 0 aliphatic carbocycles. The van der Waals surface area contributed by atoms with E-state index in [2.05, 4.69) is 5.32 Å². The molecule has 1 atom stereocenters. The highest BCUT2D eigenvalue weighted by Crippen LogP contribution is 2.31. The number of benzene rings is 2. The monoisotopic (exact) mass is 356 g/mol. The lowest BCUT2D eigenvalue weighted by Crippen LogP contribution is -2.40. The molecule has 7 nitrogen and oxygen atoms in total. The summed E-state index contributed by atoms with van der Waals surface area (Å²) in [5, 5.41) is 2.78. The minimum Gasteiger partial charge on any atom is -0.485 e. The molecule has 0 saturated heterocycles. The van der Waals surface area contributed by atoms with E-state index in [0.29, 0.717) is 29.5 Å². The molecule has 0 radical (unpaired) electrons. The molecule has 2 aromatic carbocycles. The van der Waals surface area contributed by atoms with Gasteiger partial charge in [0, 0.05) is 18.4 Å². The van der Waals surface area contributed by atoms with Gasteiger partial charge in [-0.1, -0.05) is 12.1 Å². The van der Waals surface area contributed by atoms with Crippen LogP contribution in [0.2, 0.25) is 0 Å². The third-order valence-corrected chi connectivity index (χ3v) is 3.86. The summed E-state index contributed by atoms with van der Waals surface area (Å²) in [5.74, 6) is 0.874. The molecule has 26 heavy (non-hydrogen) atoms. The largest absolute Gasteiger partial charge is 0.485 e. The number of para-hydroxylation sites is 2. The van der Waals surface area contributed by atoms with Crippen LogP contribution in [0, 0.1) is 0 Å². The Morgan fingerprint density at radius 3 is 2.54 bits per heavy atom. The Bertz CT molecular complexity index is 791. The van der Waals surface area contributed by atoms with Crippen LogP contribution in [-0.4, -0.2) is 38.4 Å². The van der Waals surface area contributed by atoms with Gasteiger partial charge in [0.25, 0.3) is 5.91 Å².